The van der Waals surface area contributed by atoms with E-state index in [4.69, 9.17) is 4.74 Å². The number of benzene rings is 2. The molecule has 0 atom stereocenters. The summed E-state index contributed by atoms with van der Waals surface area (Å²) in [5.41, 5.74) is -0.119. The molecular formula is C16H11F4NO4. The Labute approximate surface area is 139 Å². The lowest BCUT2D eigenvalue weighted by atomic mass is 10.2. The monoisotopic (exact) mass is 357 g/mol. The highest BCUT2D eigenvalue weighted by molar-refractivity contribution is 5.95. The Morgan fingerprint density at radius 1 is 1.04 bits per heavy atom. The Balaban J connectivity index is 1.90. The van der Waals surface area contributed by atoms with Gasteiger partial charge in [-0.1, -0.05) is 6.07 Å². The third-order valence-electron chi connectivity index (χ3n) is 2.83. The van der Waals surface area contributed by atoms with Gasteiger partial charge in [-0.15, -0.1) is 0 Å². The molecule has 0 aliphatic carbocycles. The van der Waals surface area contributed by atoms with Crippen LogP contribution in [0.2, 0.25) is 0 Å². The van der Waals surface area contributed by atoms with Gasteiger partial charge < -0.3 is 14.8 Å². The van der Waals surface area contributed by atoms with Crippen LogP contribution >= 0.6 is 0 Å². The first-order valence-corrected chi connectivity index (χ1v) is 6.82. The van der Waals surface area contributed by atoms with Crippen LogP contribution in [0.4, 0.5) is 23.2 Å². The molecule has 132 valence electrons. The van der Waals surface area contributed by atoms with Gasteiger partial charge in [0.1, 0.15) is 5.75 Å². The van der Waals surface area contributed by atoms with Gasteiger partial charge in [0.15, 0.2) is 18.2 Å². The van der Waals surface area contributed by atoms with Gasteiger partial charge in [-0.25, -0.2) is 13.6 Å². The molecule has 0 unspecified atom stereocenters. The third kappa shape index (κ3) is 5.48. The van der Waals surface area contributed by atoms with E-state index in [1.807, 2.05) is 0 Å². The molecule has 0 saturated heterocycles. The number of nitrogens with one attached hydrogen (secondary N) is 1. The Hall–Kier alpha value is -3.10. The molecule has 1 N–H and O–H groups in total. The normalized spacial score (nSPS) is 10.4. The zero-order chi connectivity index (χ0) is 18.4. The second-order valence-corrected chi connectivity index (χ2v) is 4.66. The molecular weight excluding hydrogens is 346 g/mol. The second-order valence-electron chi connectivity index (χ2n) is 4.66. The van der Waals surface area contributed by atoms with Gasteiger partial charge >= 0.3 is 12.6 Å². The summed E-state index contributed by atoms with van der Waals surface area (Å²) in [4.78, 5) is 23.4. The van der Waals surface area contributed by atoms with Crippen molar-refractivity contribution in [3.05, 3.63) is 59.7 Å². The quantitative estimate of drug-likeness (QED) is 0.636. The minimum absolute atomic E-state index is 0.0210. The maximum atomic E-state index is 13.0. The smallest absolute Gasteiger partial charge is 0.387 e. The molecule has 25 heavy (non-hydrogen) atoms. The number of alkyl halides is 2. The summed E-state index contributed by atoms with van der Waals surface area (Å²) in [5.74, 6) is -4.20. The summed E-state index contributed by atoms with van der Waals surface area (Å²) >= 11 is 0. The molecule has 0 aromatic heterocycles. The fraction of sp³-hybridized carbons (Fsp3) is 0.125. The van der Waals surface area contributed by atoms with E-state index in [2.05, 4.69) is 10.1 Å². The largest absolute Gasteiger partial charge is 0.452 e. The summed E-state index contributed by atoms with van der Waals surface area (Å²) in [6.07, 6.45) is 0. The number of halogens is 4. The number of hydrogen-bond acceptors (Lipinski definition) is 4. The zero-order valence-electron chi connectivity index (χ0n) is 12.5. The van der Waals surface area contributed by atoms with Crippen LogP contribution in [0.5, 0.6) is 5.75 Å². The first kappa shape index (κ1) is 18.2. The van der Waals surface area contributed by atoms with Crippen molar-refractivity contribution in [3.8, 4) is 5.75 Å². The first-order chi connectivity index (χ1) is 11.8. The maximum Gasteiger partial charge on any atom is 0.387 e. The maximum absolute atomic E-state index is 13.0. The minimum atomic E-state index is -3.05. The van der Waals surface area contributed by atoms with Crippen LogP contribution in [-0.2, 0) is 9.53 Å². The van der Waals surface area contributed by atoms with Crippen LogP contribution in [0, 0.1) is 11.6 Å². The van der Waals surface area contributed by atoms with E-state index in [1.165, 1.54) is 18.2 Å². The van der Waals surface area contributed by atoms with Crippen LogP contribution in [0.1, 0.15) is 10.4 Å². The third-order valence-corrected chi connectivity index (χ3v) is 2.83. The van der Waals surface area contributed by atoms with Gasteiger partial charge in [-0.2, -0.15) is 8.78 Å². The van der Waals surface area contributed by atoms with Crippen molar-refractivity contribution in [1.29, 1.82) is 0 Å². The van der Waals surface area contributed by atoms with Crippen LogP contribution in [0.25, 0.3) is 0 Å². The summed E-state index contributed by atoms with van der Waals surface area (Å²) in [6, 6.07) is 7.55. The lowest BCUT2D eigenvalue weighted by Gasteiger charge is -2.08. The van der Waals surface area contributed by atoms with Gasteiger partial charge in [-0.3, -0.25) is 4.79 Å². The van der Waals surface area contributed by atoms with Crippen LogP contribution in [0.3, 0.4) is 0 Å². The van der Waals surface area contributed by atoms with E-state index >= 15 is 0 Å². The Morgan fingerprint density at radius 3 is 2.48 bits per heavy atom. The van der Waals surface area contributed by atoms with E-state index < -0.39 is 36.7 Å². The molecule has 0 fully saturated rings. The molecule has 0 saturated carbocycles. The number of carbonyl (C=O) groups excluding carboxylic acids is 2. The first-order valence-electron chi connectivity index (χ1n) is 6.82. The summed E-state index contributed by atoms with van der Waals surface area (Å²) in [7, 11) is 0. The number of rotatable bonds is 6. The van der Waals surface area contributed by atoms with Crippen molar-refractivity contribution in [3.63, 3.8) is 0 Å². The highest BCUT2D eigenvalue weighted by Gasteiger charge is 2.13. The molecule has 9 heteroatoms. The number of anilines is 1. The summed E-state index contributed by atoms with van der Waals surface area (Å²) in [5, 5.41) is 2.21. The molecule has 2 rings (SSSR count). The number of carbonyl (C=O) groups is 2. The van der Waals surface area contributed by atoms with Gasteiger partial charge in [0, 0.05) is 11.8 Å². The number of hydrogen-bond donors (Lipinski definition) is 1. The average molecular weight is 357 g/mol. The molecule has 0 spiro atoms. The predicted octanol–water partition coefficient (Wildman–Crippen LogP) is 3.36. The second kappa shape index (κ2) is 8.13. The summed E-state index contributed by atoms with van der Waals surface area (Å²) < 4.78 is 58.9. The molecule has 0 bridgehead atoms. The molecule has 2 aromatic rings. The predicted molar refractivity (Wildman–Crippen MR) is 78.3 cm³/mol. The van der Waals surface area contributed by atoms with Crippen LogP contribution in [0.15, 0.2) is 42.5 Å². The molecule has 5 nitrogen and oxygen atoms in total. The molecule has 0 aliphatic heterocycles. The zero-order valence-corrected chi connectivity index (χ0v) is 12.5. The Kier molecular flexibility index (Phi) is 5.93. The standard InChI is InChI=1S/C16H11F4NO4/c17-12-5-4-10(7-13(12)18)21-14(22)8-24-15(23)9-2-1-3-11(6-9)25-16(19)20/h1-7,16H,8H2,(H,21,22). The fourth-order valence-electron chi connectivity index (χ4n) is 1.78. The van der Waals surface area contributed by atoms with Crippen molar-refractivity contribution < 1.29 is 36.6 Å². The van der Waals surface area contributed by atoms with Crippen molar-refractivity contribution >= 4 is 17.6 Å². The average Bonchev–Trinajstić information content (AvgIpc) is 2.55. The van der Waals surface area contributed by atoms with Crippen molar-refractivity contribution in [2.24, 2.45) is 0 Å². The molecule has 0 radical (unpaired) electrons. The Morgan fingerprint density at radius 2 is 1.80 bits per heavy atom. The highest BCUT2D eigenvalue weighted by Crippen LogP contribution is 2.17. The number of ether oxygens (including phenoxy) is 2. The molecule has 1 amide bonds. The van der Waals surface area contributed by atoms with Crippen LogP contribution < -0.4 is 10.1 Å². The lowest BCUT2D eigenvalue weighted by molar-refractivity contribution is -0.119. The van der Waals surface area contributed by atoms with Gasteiger partial charge in [0.05, 0.1) is 5.56 Å². The lowest BCUT2D eigenvalue weighted by Crippen LogP contribution is -2.21. The van der Waals surface area contributed by atoms with Gasteiger partial charge in [0.2, 0.25) is 0 Å². The molecule has 0 heterocycles. The van der Waals surface area contributed by atoms with Crippen molar-refractivity contribution in [1.82, 2.24) is 0 Å². The topological polar surface area (TPSA) is 64.6 Å². The van der Waals surface area contributed by atoms with Crippen molar-refractivity contribution in [2.75, 3.05) is 11.9 Å². The number of amides is 1. The fourth-order valence-corrected chi connectivity index (χ4v) is 1.78. The molecule has 0 aliphatic rings. The van der Waals surface area contributed by atoms with E-state index in [9.17, 15) is 27.2 Å². The van der Waals surface area contributed by atoms with Crippen molar-refractivity contribution in [2.45, 2.75) is 6.61 Å². The summed E-state index contributed by atoms with van der Waals surface area (Å²) in [6.45, 7) is -3.76. The number of esters is 1. The SMILES string of the molecule is O=C(COC(=O)c1cccc(OC(F)F)c1)Nc1ccc(F)c(F)c1. The van der Waals surface area contributed by atoms with E-state index in [0.717, 1.165) is 24.3 Å². The van der Waals surface area contributed by atoms with Crippen LogP contribution in [-0.4, -0.2) is 25.1 Å². The highest BCUT2D eigenvalue weighted by atomic mass is 19.3. The minimum Gasteiger partial charge on any atom is -0.452 e. The van der Waals surface area contributed by atoms with E-state index in [-0.39, 0.29) is 17.0 Å². The van der Waals surface area contributed by atoms with E-state index in [0.29, 0.717) is 0 Å². The van der Waals surface area contributed by atoms with Gasteiger partial charge in [0.25, 0.3) is 5.91 Å². The van der Waals surface area contributed by atoms with E-state index in [1.54, 1.807) is 0 Å². The molecule has 2 aromatic carbocycles. The Bertz CT molecular complexity index is 782. The van der Waals surface area contributed by atoms with Gasteiger partial charge in [-0.05, 0) is 30.3 Å².